The molecule has 0 fully saturated rings. The Hall–Kier alpha value is -1.50. The van der Waals surface area contributed by atoms with Gasteiger partial charge >= 0.3 is 0 Å². The maximum atomic E-state index is 5.48. The molecule has 0 aliphatic carbocycles. The number of hydrogen-bond acceptors (Lipinski definition) is 6. The Morgan fingerprint density at radius 1 is 1.25 bits per heavy atom. The van der Waals surface area contributed by atoms with Gasteiger partial charge in [-0.05, 0) is 25.3 Å². The van der Waals surface area contributed by atoms with Crippen molar-refractivity contribution in [1.82, 2.24) is 9.97 Å². The number of anilines is 1. The number of nitrogens with zero attached hydrogens (tertiary/aromatic N) is 2. The molecule has 0 atom stereocenters. The first kappa shape index (κ1) is 14.9. The van der Waals surface area contributed by atoms with Crippen LogP contribution >= 0.6 is 11.3 Å². The summed E-state index contributed by atoms with van der Waals surface area (Å²) >= 11 is 1.65. The van der Waals surface area contributed by atoms with Crippen LogP contribution in [0, 0.1) is 0 Å². The van der Waals surface area contributed by atoms with Crippen LogP contribution in [-0.4, -0.2) is 36.0 Å². The molecule has 0 unspecified atom stereocenters. The number of thiophene rings is 1. The van der Waals surface area contributed by atoms with E-state index < -0.39 is 0 Å². The fraction of sp³-hybridized carbons (Fsp3) is 0.429. The first-order valence-corrected chi connectivity index (χ1v) is 7.59. The molecule has 6 heteroatoms. The highest BCUT2D eigenvalue weighted by molar-refractivity contribution is 7.08. The van der Waals surface area contributed by atoms with Crippen LogP contribution in [0.15, 0.2) is 29.2 Å². The lowest BCUT2D eigenvalue weighted by Crippen LogP contribution is -2.26. The smallest absolute Gasteiger partial charge is 0.174 e. The third-order valence-electron chi connectivity index (χ3n) is 2.64. The maximum Gasteiger partial charge on any atom is 0.174 e. The van der Waals surface area contributed by atoms with Crippen molar-refractivity contribution >= 4 is 17.2 Å². The summed E-state index contributed by atoms with van der Waals surface area (Å²) in [4.78, 5) is 8.49. The van der Waals surface area contributed by atoms with Gasteiger partial charge < -0.3 is 14.8 Å². The van der Waals surface area contributed by atoms with Crippen molar-refractivity contribution in [2.45, 2.75) is 20.1 Å². The van der Waals surface area contributed by atoms with E-state index in [1.807, 2.05) is 31.4 Å². The van der Waals surface area contributed by atoms with Crippen molar-refractivity contribution in [1.29, 1.82) is 0 Å². The molecule has 2 aromatic rings. The Labute approximate surface area is 123 Å². The summed E-state index contributed by atoms with van der Waals surface area (Å²) in [5.41, 5.74) is 2.01. The highest BCUT2D eigenvalue weighted by atomic mass is 32.1. The number of nitrogens with one attached hydrogen (secondary N) is 1. The summed E-state index contributed by atoms with van der Waals surface area (Å²) < 4.78 is 11.0. The summed E-state index contributed by atoms with van der Waals surface area (Å²) in [7, 11) is 0. The molecule has 0 saturated heterocycles. The third kappa shape index (κ3) is 4.26. The Morgan fingerprint density at radius 2 is 2.05 bits per heavy atom. The zero-order chi connectivity index (χ0) is 14.2. The van der Waals surface area contributed by atoms with Crippen LogP contribution in [-0.2, 0) is 9.47 Å². The van der Waals surface area contributed by atoms with E-state index in [0.717, 1.165) is 17.1 Å². The minimum Gasteiger partial charge on any atom is -0.365 e. The average Bonchev–Trinajstić information content (AvgIpc) is 3.00. The van der Waals surface area contributed by atoms with Gasteiger partial charge in [-0.25, -0.2) is 9.97 Å². The molecule has 0 saturated carbocycles. The van der Waals surface area contributed by atoms with Gasteiger partial charge in [-0.2, -0.15) is 11.3 Å². The standard InChI is InChI=1S/C14H19N3O2S/c1-3-18-14(19-4-2)8-15-13-7-12(16-10-17-13)11-5-6-20-9-11/h5-7,9-10,14H,3-4,8H2,1-2H3,(H,15,16,17). The molecular formula is C14H19N3O2S. The second-order valence-corrected chi connectivity index (χ2v) is 4.80. The lowest BCUT2D eigenvalue weighted by Gasteiger charge is -2.17. The van der Waals surface area contributed by atoms with Crippen LogP contribution in [0.25, 0.3) is 11.3 Å². The molecule has 20 heavy (non-hydrogen) atoms. The van der Waals surface area contributed by atoms with Crippen LogP contribution in [0.1, 0.15) is 13.8 Å². The predicted octanol–water partition coefficient (Wildman–Crippen LogP) is 3.02. The molecule has 0 aliphatic rings. The Morgan fingerprint density at radius 3 is 2.70 bits per heavy atom. The number of aromatic nitrogens is 2. The van der Waals surface area contributed by atoms with Gasteiger partial charge in [0.15, 0.2) is 6.29 Å². The van der Waals surface area contributed by atoms with E-state index in [9.17, 15) is 0 Å². The summed E-state index contributed by atoms with van der Waals surface area (Å²) in [5, 5.41) is 7.32. The van der Waals surface area contributed by atoms with E-state index in [-0.39, 0.29) is 6.29 Å². The van der Waals surface area contributed by atoms with Crippen LogP contribution in [0.5, 0.6) is 0 Å². The van der Waals surface area contributed by atoms with Crippen LogP contribution in [0.4, 0.5) is 5.82 Å². The van der Waals surface area contributed by atoms with Crippen molar-refractivity contribution in [3.8, 4) is 11.3 Å². The largest absolute Gasteiger partial charge is 0.365 e. The molecule has 0 amide bonds. The maximum absolute atomic E-state index is 5.48. The Balaban J connectivity index is 1.97. The normalized spacial score (nSPS) is 10.9. The minimum absolute atomic E-state index is 0.260. The molecule has 0 spiro atoms. The second kappa shape index (κ2) is 7.94. The van der Waals surface area contributed by atoms with Crippen molar-refractivity contribution in [3.63, 3.8) is 0 Å². The number of rotatable bonds is 8. The first-order chi connectivity index (χ1) is 9.83. The van der Waals surface area contributed by atoms with Gasteiger partial charge in [-0.15, -0.1) is 0 Å². The molecular weight excluding hydrogens is 274 g/mol. The first-order valence-electron chi connectivity index (χ1n) is 6.65. The van der Waals surface area contributed by atoms with E-state index in [2.05, 4.69) is 20.7 Å². The zero-order valence-electron chi connectivity index (χ0n) is 11.7. The van der Waals surface area contributed by atoms with Crippen molar-refractivity contribution in [2.75, 3.05) is 25.1 Å². The fourth-order valence-electron chi connectivity index (χ4n) is 1.75. The summed E-state index contributed by atoms with van der Waals surface area (Å²) in [5.74, 6) is 0.769. The molecule has 0 aromatic carbocycles. The van der Waals surface area contributed by atoms with Crippen LogP contribution < -0.4 is 5.32 Å². The third-order valence-corrected chi connectivity index (χ3v) is 3.32. The van der Waals surface area contributed by atoms with Crippen LogP contribution in [0.3, 0.4) is 0 Å². The predicted molar refractivity (Wildman–Crippen MR) is 80.9 cm³/mol. The number of hydrogen-bond donors (Lipinski definition) is 1. The monoisotopic (exact) mass is 293 g/mol. The molecule has 2 aromatic heterocycles. The quantitative estimate of drug-likeness (QED) is 0.758. The Bertz CT molecular complexity index is 499. The topological polar surface area (TPSA) is 56.3 Å². The van der Waals surface area contributed by atoms with E-state index in [0.29, 0.717) is 19.8 Å². The molecule has 5 nitrogen and oxygen atoms in total. The van der Waals surface area contributed by atoms with Gasteiger partial charge in [0.1, 0.15) is 12.1 Å². The zero-order valence-corrected chi connectivity index (χ0v) is 12.5. The summed E-state index contributed by atoms with van der Waals surface area (Å²) in [6, 6.07) is 3.97. The van der Waals surface area contributed by atoms with Crippen molar-refractivity contribution in [2.24, 2.45) is 0 Å². The van der Waals surface area contributed by atoms with Crippen molar-refractivity contribution < 1.29 is 9.47 Å². The van der Waals surface area contributed by atoms with Crippen LogP contribution in [0.2, 0.25) is 0 Å². The molecule has 0 radical (unpaired) electrons. The van der Waals surface area contributed by atoms with E-state index in [1.165, 1.54) is 0 Å². The lowest BCUT2D eigenvalue weighted by molar-refractivity contribution is -0.126. The van der Waals surface area contributed by atoms with E-state index in [4.69, 9.17) is 9.47 Å². The van der Waals surface area contributed by atoms with Crippen molar-refractivity contribution in [3.05, 3.63) is 29.2 Å². The van der Waals surface area contributed by atoms with Gasteiger partial charge in [0.25, 0.3) is 0 Å². The Kier molecular flexibility index (Phi) is 5.91. The average molecular weight is 293 g/mol. The van der Waals surface area contributed by atoms with E-state index in [1.54, 1.807) is 17.7 Å². The molecule has 0 bridgehead atoms. The van der Waals surface area contributed by atoms with Gasteiger partial charge in [0.05, 0.1) is 12.2 Å². The molecule has 2 heterocycles. The van der Waals surface area contributed by atoms with Gasteiger partial charge in [-0.1, -0.05) is 0 Å². The highest BCUT2D eigenvalue weighted by Crippen LogP contribution is 2.21. The molecule has 2 rings (SSSR count). The summed E-state index contributed by atoms with van der Waals surface area (Å²) in [6.45, 7) is 5.70. The second-order valence-electron chi connectivity index (χ2n) is 4.02. The van der Waals surface area contributed by atoms with Gasteiger partial charge in [0, 0.05) is 30.2 Å². The molecule has 108 valence electrons. The number of ether oxygens (including phenoxy) is 2. The molecule has 0 aliphatic heterocycles. The van der Waals surface area contributed by atoms with Gasteiger partial charge in [-0.3, -0.25) is 0 Å². The van der Waals surface area contributed by atoms with E-state index >= 15 is 0 Å². The lowest BCUT2D eigenvalue weighted by atomic mass is 10.2. The summed E-state index contributed by atoms with van der Waals surface area (Å²) in [6.07, 6.45) is 1.30. The SMILES string of the molecule is CCOC(CNc1cc(-c2ccsc2)ncn1)OCC. The fourth-order valence-corrected chi connectivity index (χ4v) is 2.40. The van der Waals surface area contributed by atoms with Gasteiger partial charge in [0.2, 0.25) is 0 Å². The molecule has 1 N–H and O–H groups in total. The minimum atomic E-state index is -0.260. The highest BCUT2D eigenvalue weighted by Gasteiger charge is 2.08.